The van der Waals surface area contributed by atoms with Crippen molar-refractivity contribution in [1.82, 2.24) is 4.57 Å². The maximum atomic E-state index is 13.8. The Morgan fingerprint density at radius 2 is 1.41 bits per heavy atom. The van der Waals surface area contributed by atoms with E-state index in [0.29, 0.717) is 5.56 Å². The van der Waals surface area contributed by atoms with E-state index >= 15 is 0 Å². The van der Waals surface area contributed by atoms with Crippen LogP contribution in [0.25, 0.3) is 10.9 Å². The van der Waals surface area contributed by atoms with Crippen molar-refractivity contribution >= 4 is 50.7 Å². The fourth-order valence-corrected chi connectivity index (χ4v) is 21.9. The van der Waals surface area contributed by atoms with Crippen LogP contribution in [0.2, 0.25) is 13.3 Å². The zero-order valence-corrected chi connectivity index (χ0v) is 28.0. The number of hydrogen-bond acceptors (Lipinski definition) is 3. The number of ether oxygens (including phenoxy) is 1. The molecular formula is C33H48N2O3Sn. The molecule has 0 saturated carbocycles. The molecular weight excluding hydrogens is 591 g/mol. The molecule has 0 unspecified atom stereocenters. The van der Waals surface area contributed by atoms with Crippen LogP contribution in [-0.4, -0.2) is 47.6 Å². The molecule has 0 N–H and O–H groups in total. The number of hydrogen-bond donors (Lipinski definition) is 0. The number of rotatable bonds is 12. The first-order valence-electron chi connectivity index (χ1n) is 14.8. The second-order valence-electron chi connectivity index (χ2n) is 11.9. The summed E-state index contributed by atoms with van der Waals surface area (Å²) < 4.78 is 13.0. The number of anilines is 1. The van der Waals surface area contributed by atoms with Gasteiger partial charge in [-0.15, -0.1) is 0 Å². The predicted octanol–water partition coefficient (Wildman–Crippen LogP) is 8.76. The fraction of sp³-hybridized carbons (Fsp3) is 0.515. The van der Waals surface area contributed by atoms with E-state index in [4.69, 9.17) is 4.74 Å². The third kappa shape index (κ3) is 7.68. The molecule has 0 aliphatic rings. The van der Waals surface area contributed by atoms with Crippen LogP contribution in [-0.2, 0) is 4.74 Å². The first-order chi connectivity index (χ1) is 18.6. The standard InChI is InChI=1S/C21H21N2O3.3C4H9.Sn/c1-21(2,3)26-20(25)23-13-12-16-14-17(10-11-18(16)23)22(4)19(24)15-8-6-5-7-9-15;3*1-3-4-2;/h5-12,14H,1-4H3;3*1,3-4H2,2H3;. The van der Waals surface area contributed by atoms with E-state index < -0.39 is 24.0 Å². The van der Waals surface area contributed by atoms with Crippen LogP contribution in [0.1, 0.15) is 90.4 Å². The van der Waals surface area contributed by atoms with Gasteiger partial charge >= 0.3 is 241 Å². The molecule has 212 valence electrons. The van der Waals surface area contributed by atoms with Crippen molar-refractivity contribution in [2.75, 3.05) is 11.9 Å². The summed E-state index contributed by atoms with van der Waals surface area (Å²) in [5.41, 5.74) is 1.78. The molecule has 3 rings (SSSR count). The molecule has 0 aliphatic heterocycles. The van der Waals surface area contributed by atoms with Crippen LogP contribution < -0.4 is 8.61 Å². The van der Waals surface area contributed by atoms with E-state index in [1.54, 1.807) is 4.90 Å². The first-order valence-corrected chi connectivity index (χ1v) is 22.3. The second-order valence-corrected chi connectivity index (χ2v) is 25.0. The summed E-state index contributed by atoms with van der Waals surface area (Å²) in [6.45, 7) is 12.6. The number of fused-ring (bicyclic) bond motifs is 1. The van der Waals surface area contributed by atoms with Crippen molar-refractivity contribution < 1.29 is 14.3 Å². The number of unbranched alkanes of at least 4 members (excludes halogenated alkanes) is 3. The Balaban J connectivity index is 2.20. The molecule has 0 spiro atoms. The van der Waals surface area contributed by atoms with Gasteiger partial charge in [0.1, 0.15) is 0 Å². The van der Waals surface area contributed by atoms with Crippen molar-refractivity contribution in [2.24, 2.45) is 0 Å². The Morgan fingerprint density at radius 3 is 1.92 bits per heavy atom. The van der Waals surface area contributed by atoms with Gasteiger partial charge in [-0.05, 0) is 0 Å². The Labute approximate surface area is 239 Å². The van der Waals surface area contributed by atoms with Gasteiger partial charge in [0.25, 0.3) is 0 Å². The van der Waals surface area contributed by atoms with E-state index in [1.165, 1.54) is 55.5 Å². The molecule has 39 heavy (non-hydrogen) atoms. The van der Waals surface area contributed by atoms with Gasteiger partial charge in [0.2, 0.25) is 0 Å². The molecule has 3 aromatic rings. The topological polar surface area (TPSA) is 51.5 Å². The van der Waals surface area contributed by atoms with Crippen molar-refractivity contribution in [3.05, 3.63) is 60.2 Å². The van der Waals surface area contributed by atoms with Crippen LogP contribution in [0.3, 0.4) is 0 Å². The van der Waals surface area contributed by atoms with Crippen LogP contribution in [0, 0.1) is 0 Å². The number of carbonyl (C=O) groups excluding carboxylic acids is 2. The van der Waals surface area contributed by atoms with Gasteiger partial charge < -0.3 is 0 Å². The molecule has 0 aliphatic carbocycles. The van der Waals surface area contributed by atoms with Gasteiger partial charge in [0.05, 0.1) is 0 Å². The number of nitrogens with zero attached hydrogens (tertiary/aromatic N) is 2. The number of amides is 1. The van der Waals surface area contributed by atoms with Crippen LogP contribution in [0.15, 0.2) is 54.6 Å². The average molecular weight is 639 g/mol. The molecule has 0 radical (unpaired) electrons. The summed E-state index contributed by atoms with van der Waals surface area (Å²) >= 11 is -3.03. The Hall–Kier alpha value is -2.28. The Bertz CT molecular complexity index is 1220. The van der Waals surface area contributed by atoms with Gasteiger partial charge in [-0.1, -0.05) is 0 Å². The van der Waals surface area contributed by atoms with E-state index in [9.17, 15) is 9.59 Å². The number of carbonyl (C=O) groups is 2. The molecule has 2 aromatic carbocycles. The maximum absolute atomic E-state index is 13.8. The fourth-order valence-electron chi connectivity index (χ4n) is 5.50. The van der Waals surface area contributed by atoms with Crippen molar-refractivity contribution in [1.29, 1.82) is 0 Å². The molecule has 0 atom stereocenters. The molecule has 0 saturated heterocycles. The minimum absolute atomic E-state index is 0.0518. The summed E-state index contributed by atoms with van der Waals surface area (Å²) in [6, 6.07) is 17.7. The average Bonchev–Trinajstić information content (AvgIpc) is 3.31. The van der Waals surface area contributed by atoms with Gasteiger partial charge in [-0.25, -0.2) is 0 Å². The van der Waals surface area contributed by atoms with E-state index in [0.717, 1.165) is 16.6 Å². The summed E-state index contributed by atoms with van der Waals surface area (Å²) in [5, 5.41) is 1.01. The Morgan fingerprint density at radius 1 is 0.846 bits per heavy atom. The van der Waals surface area contributed by atoms with Gasteiger partial charge in [-0.2, -0.15) is 0 Å². The predicted molar refractivity (Wildman–Crippen MR) is 167 cm³/mol. The summed E-state index contributed by atoms with van der Waals surface area (Å²) in [4.78, 5) is 28.7. The minimum atomic E-state index is -3.03. The Kier molecular flexibility index (Phi) is 11.1. The van der Waals surface area contributed by atoms with Gasteiger partial charge in [0.15, 0.2) is 0 Å². The van der Waals surface area contributed by atoms with Crippen molar-refractivity contribution in [3.63, 3.8) is 0 Å². The second kappa shape index (κ2) is 13.9. The molecule has 1 heterocycles. The summed E-state index contributed by atoms with van der Waals surface area (Å²) in [7, 11) is 1.82. The van der Waals surface area contributed by atoms with E-state index in [1.807, 2.05) is 74.9 Å². The number of aromatic nitrogens is 1. The molecule has 1 aromatic heterocycles. The third-order valence-corrected chi connectivity index (χ3v) is 23.0. The van der Waals surface area contributed by atoms with Crippen LogP contribution >= 0.6 is 0 Å². The van der Waals surface area contributed by atoms with Crippen LogP contribution in [0.4, 0.5) is 10.5 Å². The van der Waals surface area contributed by atoms with Gasteiger partial charge in [-0.3, -0.25) is 0 Å². The van der Waals surface area contributed by atoms with E-state index in [-0.39, 0.29) is 12.0 Å². The van der Waals surface area contributed by atoms with Crippen molar-refractivity contribution in [2.45, 2.75) is 99.0 Å². The molecule has 5 nitrogen and oxygen atoms in total. The zero-order chi connectivity index (χ0) is 28.6. The monoisotopic (exact) mass is 640 g/mol. The van der Waals surface area contributed by atoms with Gasteiger partial charge in [0, 0.05) is 0 Å². The molecule has 0 fully saturated rings. The first kappa shape index (κ1) is 31.2. The molecule has 0 bridgehead atoms. The SMILES string of the molecule is CCC[CH2][Sn]([CH2]CCC)([CH2]CCC)[c]1cc2cc(N(C)C(=O)c3ccccc3)ccc2n1C(=O)OC(C)(C)C. The molecule has 6 heteroatoms. The molecule has 1 amide bonds. The zero-order valence-electron chi connectivity index (χ0n) is 25.2. The van der Waals surface area contributed by atoms with Crippen molar-refractivity contribution in [3.8, 4) is 0 Å². The van der Waals surface area contributed by atoms with Crippen LogP contribution in [0.5, 0.6) is 0 Å². The quantitative estimate of drug-likeness (QED) is 0.186. The third-order valence-electron chi connectivity index (χ3n) is 7.64. The number of benzene rings is 2. The normalized spacial score (nSPS) is 12.1. The summed E-state index contributed by atoms with van der Waals surface area (Å²) in [5.74, 6) is -0.0518. The van der Waals surface area contributed by atoms with E-state index in [2.05, 4.69) is 32.9 Å². The summed E-state index contributed by atoms with van der Waals surface area (Å²) in [6.07, 6.45) is 6.84.